The Morgan fingerprint density at radius 1 is 0.938 bits per heavy atom. The van der Waals surface area contributed by atoms with Gasteiger partial charge in [0.05, 0.1) is 11.4 Å². The second-order valence-corrected chi connectivity index (χ2v) is 3.60. The third-order valence-corrected chi connectivity index (χ3v) is 2.21. The smallest absolute Gasteiger partial charge is 0.109 e. The van der Waals surface area contributed by atoms with E-state index in [1.54, 1.807) is 0 Å². The predicted octanol–water partition coefficient (Wildman–Crippen LogP) is 3.99. The van der Waals surface area contributed by atoms with Gasteiger partial charge in [-0.3, -0.25) is 0 Å². The van der Waals surface area contributed by atoms with Gasteiger partial charge in [-0.25, -0.2) is 0 Å². The minimum Gasteiger partial charge on any atom is -0.397 e. The second-order valence-electron chi connectivity index (χ2n) is 3.60. The van der Waals surface area contributed by atoms with Gasteiger partial charge in [0.2, 0.25) is 0 Å². The Kier molecular flexibility index (Phi) is 2.96. The first-order valence-electron chi connectivity index (χ1n) is 5.08. The van der Waals surface area contributed by atoms with Crippen LogP contribution in [0.2, 0.25) is 0 Å². The van der Waals surface area contributed by atoms with Crippen molar-refractivity contribution >= 4 is 17.1 Å². The van der Waals surface area contributed by atoms with Crippen molar-refractivity contribution in [3.8, 4) is 0 Å². The van der Waals surface area contributed by atoms with E-state index in [-0.39, 0.29) is 0 Å². The number of benzene rings is 2. The van der Waals surface area contributed by atoms with E-state index in [0.717, 1.165) is 11.3 Å². The zero-order valence-electron chi connectivity index (χ0n) is 9.09. The first-order valence-corrected chi connectivity index (χ1v) is 5.08. The maximum atomic E-state index is 5.76. The zero-order valence-corrected chi connectivity index (χ0v) is 9.09. The molecule has 3 heteroatoms. The fourth-order valence-corrected chi connectivity index (χ4v) is 1.38. The summed E-state index contributed by atoms with van der Waals surface area (Å²) in [6.07, 6.45) is 0. The molecular weight excluding hydrogens is 198 g/mol. The lowest BCUT2D eigenvalue weighted by Crippen LogP contribution is -1.82. The third-order valence-electron chi connectivity index (χ3n) is 2.21. The Labute approximate surface area is 94.6 Å². The van der Waals surface area contributed by atoms with E-state index in [1.165, 1.54) is 0 Å². The highest BCUT2D eigenvalue weighted by atomic mass is 15.1. The van der Waals surface area contributed by atoms with Gasteiger partial charge in [0, 0.05) is 0 Å². The van der Waals surface area contributed by atoms with Crippen LogP contribution in [0.5, 0.6) is 0 Å². The van der Waals surface area contributed by atoms with E-state index >= 15 is 0 Å². The van der Waals surface area contributed by atoms with Crippen LogP contribution in [0, 0.1) is 6.92 Å². The average molecular weight is 211 g/mol. The van der Waals surface area contributed by atoms with Gasteiger partial charge in [-0.15, -0.1) is 5.11 Å². The number of azo groups is 1. The molecule has 0 aliphatic heterocycles. The van der Waals surface area contributed by atoms with Crippen LogP contribution in [0.1, 0.15) is 5.56 Å². The Morgan fingerprint density at radius 3 is 2.50 bits per heavy atom. The molecule has 0 aromatic heterocycles. The summed E-state index contributed by atoms with van der Waals surface area (Å²) in [5.41, 5.74) is 9.10. The molecule has 0 amide bonds. The average Bonchev–Trinajstić information content (AvgIpc) is 2.28. The number of hydrogen-bond donors (Lipinski definition) is 1. The second kappa shape index (κ2) is 4.57. The van der Waals surface area contributed by atoms with Crippen molar-refractivity contribution < 1.29 is 0 Å². The quantitative estimate of drug-likeness (QED) is 0.592. The number of nitrogen functional groups attached to an aromatic ring is 1. The number of aryl methyl sites for hydroxylation is 1. The topological polar surface area (TPSA) is 50.7 Å². The van der Waals surface area contributed by atoms with Crippen molar-refractivity contribution in [1.82, 2.24) is 0 Å². The van der Waals surface area contributed by atoms with E-state index in [9.17, 15) is 0 Å². The van der Waals surface area contributed by atoms with Crippen LogP contribution < -0.4 is 5.73 Å². The van der Waals surface area contributed by atoms with Gasteiger partial charge in [-0.2, -0.15) is 5.11 Å². The molecule has 0 spiro atoms. The van der Waals surface area contributed by atoms with Crippen molar-refractivity contribution in [3.63, 3.8) is 0 Å². The van der Waals surface area contributed by atoms with Crippen molar-refractivity contribution in [2.24, 2.45) is 10.2 Å². The van der Waals surface area contributed by atoms with Gasteiger partial charge >= 0.3 is 0 Å². The Hall–Kier alpha value is -2.16. The Balaban J connectivity index is 2.25. The summed E-state index contributed by atoms with van der Waals surface area (Å²) < 4.78 is 0. The standard InChI is InChI=1S/C13H13N3/c1-10-5-4-6-11(9-10)15-16-13-8-3-2-7-12(13)14/h2-9H,14H2,1H3/b16-15+. The van der Waals surface area contributed by atoms with E-state index in [2.05, 4.69) is 10.2 Å². The lowest BCUT2D eigenvalue weighted by atomic mass is 10.2. The highest BCUT2D eigenvalue weighted by Gasteiger charge is 1.94. The van der Waals surface area contributed by atoms with Crippen molar-refractivity contribution in [3.05, 3.63) is 54.1 Å². The lowest BCUT2D eigenvalue weighted by molar-refractivity contribution is 1.23. The molecule has 0 bridgehead atoms. The number of hydrogen-bond acceptors (Lipinski definition) is 3. The van der Waals surface area contributed by atoms with E-state index in [4.69, 9.17) is 5.73 Å². The molecular formula is C13H13N3. The minimum atomic E-state index is 0.638. The lowest BCUT2D eigenvalue weighted by Gasteiger charge is -1.97. The number of nitrogens with zero attached hydrogens (tertiary/aromatic N) is 2. The highest BCUT2D eigenvalue weighted by Crippen LogP contribution is 2.23. The number of rotatable bonds is 2. The molecule has 3 nitrogen and oxygen atoms in total. The predicted molar refractivity (Wildman–Crippen MR) is 66.2 cm³/mol. The van der Waals surface area contributed by atoms with Crippen LogP contribution >= 0.6 is 0 Å². The molecule has 16 heavy (non-hydrogen) atoms. The van der Waals surface area contributed by atoms with Crippen LogP contribution in [-0.2, 0) is 0 Å². The summed E-state index contributed by atoms with van der Waals surface area (Å²) in [6.45, 7) is 2.02. The number of para-hydroxylation sites is 1. The highest BCUT2D eigenvalue weighted by molar-refractivity contribution is 5.61. The molecule has 0 aliphatic carbocycles. The summed E-state index contributed by atoms with van der Waals surface area (Å²) >= 11 is 0. The summed E-state index contributed by atoms with van der Waals surface area (Å²) in [7, 11) is 0. The molecule has 0 atom stereocenters. The molecule has 2 rings (SSSR count). The Bertz CT molecular complexity index is 518. The summed E-state index contributed by atoms with van der Waals surface area (Å²) in [6, 6.07) is 15.3. The molecule has 0 saturated heterocycles. The first-order chi connectivity index (χ1) is 7.75. The van der Waals surface area contributed by atoms with Crippen LogP contribution in [0.15, 0.2) is 58.8 Å². The summed E-state index contributed by atoms with van der Waals surface area (Å²) in [4.78, 5) is 0. The van der Waals surface area contributed by atoms with Crippen molar-refractivity contribution in [2.75, 3.05) is 5.73 Å². The van der Waals surface area contributed by atoms with Crippen molar-refractivity contribution in [2.45, 2.75) is 6.92 Å². The molecule has 0 heterocycles. The summed E-state index contributed by atoms with van der Waals surface area (Å²) in [5.74, 6) is 0. The summed E-state index contributed by atoms with van der Waals surface area (Å²) in [5, 5.41) is 8.26. The van der Waals surface area contributed by atoms with Crippen molar-refractivity contribution in [1.29, 1.82) is 0 Å². The largest absolute Gasteiger partial charge is 0.397 e. The SMILES string of the molecule is Cc1cccc(/N=N/c2ccccc2N)c1. The molecule has 80 valence electrons. The van der Waals surface area contributed by atoms with E-state index in [0.29, 0.717) is 11.4 Å². The van der Waals surface area contributed by atoms with Gasteiger partial charge in [-0.1, -0.05) is 24.3 Å². The molecule has 2 N–H and O–H groups in total. The molecule has 2 aromatic rings. The van der Waals surface area contributed by atoms with Gasteiger partial charge < -0.3 is 5.73 Å². The maximum Gasteiger partial charge on any atom is 0.109 e. The van der Waals surface area contributed by atoms with Crippen LogP contribution in [0.3, 0.4) is 0 Å². The molecule has 0 aliphatic rings. The van der Waals surface area contributed by atoms with Gasteiger partial charge in [0.25, 0.3) is 0 Å². The monoisotopic (exact) mass is 211 g/mol. The molecule has 0 fully saturated rings. The Morgan fingerprint density at radius 2 is 1.75 bits per heavy atom. The minimum absolute atomic E-state index is 0.638. The van der Waals surface area contributed by atoms with Crippen LogP contribution in [-0.4, -0.2) is 0 Å². The van der Waals surface area contributed by atoms with Gasteiger partial charge in [0.15, 0.2) is 0 Å². The third kappa shape index (κ3) is 2.45. The fourth-order valence-electron chi connectivity index (χ4n) is 1.38. The molecule has 2 aromatic carbocycles. The van der Waals surface area contributed by atoms with Gasteiger partial charge in [0.1, 0.15) is 5.69 Å². The first kappa shape index (κ1) is 10.4. The normalized spacial score (nSPS) is 10.8. The van der Waals surface area contributed by atoms with Crippen LogP contribution in [0.4, 0.5) is 17.1 Å². The fraction of sp³-hybridized carbons (Fsp3) is 0.0769. The zero-order chi connectivity index (χ0) is 11.4. The molecule has 0 saturated carbocycles. The molecule has 0 radical (unpaired) electrons. The maximum absolute atomic E-state index is 5.76. The van der Waals surface area contributed by atoms with E-state index < -0.39 is 0 Å². The number of nitrogens with two attached hydrogens (primary N) is 1. The van der Waals surface area contributed by atoms with Gasteiger partial charge in [-0.05, 0) is 36.8 Å². The number of anilines is 1. The molecule has 0 unspecified atom stereocenters. The van der Waals surface area contributed by atoms with E-state index in [1.807, 2.05) is 55.5 Å². The van der Waals surface area contributed by atoms with Crippen LogP contribution in [0.25, 0.3) is 0 Å².